The van der Waals surface area contributed by atoms with E-state index in [1.807, 2.05) is 11.3 Å². The van der Waals surface area contributed by atoms with Gasteiger partial charge in [-0.15, -0.1) is 22.7 Å². The molecule has 0 aliphatic rings. The molecule has 0 saturated carbocycles. The molecule has 0 amide bonds. The third-order valence-corrected chi connectivity index (χ3v) is 16.3. The highest BCUT2D eigenvalue weighted by molar-refractivity contribution is 7.26. The SMILES string of the molecule is c1ccc(-c2ccccc2-n2c3ccccc3c3cccc(-n4c5ccccc5c5c(-c6nc(-c7ccc8sc9ccccc9c8c7)nc(-c7cccc8sc9ccccc9c78)n6)cccc54)c32)cc1. The van der Waals surface area contributed by atoms with Crippen LogP contribution in [0.2, 0.25) is 0 Å². The van der Waals surface area contributed by atoms with Crippen LogP contribution in [-0.2, 0) is 0 Å². The smallest absolute Gasteiger partial charge is 0.164 e. The number of hydrogen-bond acceptors (Lipinski definition) is 5. The summed E-state index contributed by atoms with van der Waals surface area (Å²) in [7, 11) is 0. The summed E-state index contributed by atoms with van der Waals surface area (Å²) in [6, 6.07) is 80.9. The number of nitrogens with zero attached hydrogens (tertiary/aromatic N) is 5. The zero-order valence-electron chi connectivity index (χ0n) is 37.4. The van der Waals surface area contributed by atoms with Crippen LogP contribution in [0.1, 0.15) is 0 Å². The van der Waals surface area contributed by atoms with Crippen LogP contribution in [0.4, 0.5) is 0 Å². The van der Waals surface area contributed by atoms with Gasteiger partial charge in [-0.25, -0.2) is 15.0 Å². The molecule has 0 N–H and O–H groups in total. The highest BCUT2D eigenvalue weighted by atomic mass is 32.1. The molecule has 326 valence electrons. The standard InChI is InChI=1S/C63H37N5S2/c1-2-17-38(18-3-1)40-19-4-9-27-49(40)68-50-28-10-5-20-41(50)43-24-14-31-53(60(43)68)67-51-29-11-6-22-44(51)58-46(25-15-30-52(58)67)62-64-61(39-35-36-56-48(37-39)42-21-7-12-32-54(42)69-56)65-63(66-62)47-26-16-34-57-59(47)45-23-8-13-33-55(45)70-57/h1-37H. The van der Waals surface area contributed by atoms with E-state index in [-0.39, 0.29) is 0 Å². The Labute approximate surface area is 409 Å². The summed E-state index contributed by atoms with van der Waals surface area (Å²) in [4.78, 5) is 16.4. The Kier molecular flexibility index (Phi) is 8.63. The third-order valence-electron chi connectivity index (χ3n) is 14.0. The van der Waals surface area contributed by atoms with Gasteiger partial charge in [-0.05, 0) is 72.3 Å². The molecule has 5 heterocycles. The quantitative estimate of drug-likeness (QED) is 0.167. The first-order valence-electron chi connectivity index (χ1n) is 23.5. The third kappa shape index (κ3) is 5.86. The van der Waals surface area contributed by atoms with Gasteiger partial charge in [0, 0.05) is 84.1 Å². The number of aromatic nitrogens is 5. The van der Waals surface area contributed by atoms with Crippen LogP contribution in [0.15, 0.2) is 224 Å². The lowest BCUT2D eigenvalue weighted by Crippen LogP contribution is -2.02. The van der Waals surface area contributed by atoms with Gasteiger partial charge >= 0.3 is 0 Å². The molecule has 5 aromatic heterocycles. The van der Waals surface area contributed by atoms with E-state index in [1.54, 1.807) is 11.3 Å². The maximum Gasteiger partial charge on any atom is 0.164 e. The lowest BCUT2D eigenvalue weighted by Gasteiger charge is -2.17. The van der Waals surface area contributed by atoms with Crippen molar-refractivity contribution in [2.75, 3.05) is 0 Å². The first-order chi connectivity index (χ1) is 34.7. The van der Waals surface area contributed by atoms with Crippen molar-refractivity contribution in [1.29, 1.82) is 0 Å². The van der Waals surface area contributed by atoms with Crippen molar-refractivity contribution >= 4 is 107 Å². The number of rotatable bonds is 6. The summed E-state index contributed by atoms with van der Waals surface area (Å²) in [5, 5.41) is 9.42. The van der Waals surface area contributed by atoms with Crippen LogP contribution in [0, 0.1) is 0 Å². The van der Waals surface area contributed by atoms with E-state index in [1.165, 1.54) is 56.9 Å². The van der Waals surface area contributed by atoms with Gasteiger partial charge in [-0.3, -0.25) is 0 Å². The van der Waals surface area contributed by atoms with Crippen LogP contribution >= 0.6 is 22.7 Å². The first kappa shape index (κ1) is 39.3. The van der Waals surface area contributed by atoms with Gasteiger partial charge in [-0.2, -0.15) is 0 Å². The second-order valence-electron chi connectivity index (χ2n) is 17.9. The van der Waals surface area contributed by atoms with E-state index in [4.69, 9.17) is 15.0 Å². The molecule has 0 atom stereocenters. The van der Waals surface area contributed by atoms with Crippen molar-refractivity contribution in [3.63, 3.8) is 0 Å². The topological polar surface area (TPSA) is 48.5 Å². The Morgan fingerprint density at radius 1 is 0.286 bits per heavy atom. The van der Waals surface area contributed by atoms with Gasteiger partial charge in [0.15, 0.2) is 17.5 Å². The summed E-state index contributed by atoms with van der Waals surface area (Å²) in [6.07, 6.45) is 0. The number of fused-ring (bicyclic) bond motifs is 12. The molecule has 15 rings (SSSR count). The lowest BCUT2D eigenvalue weighted by atomic mass is 10.0. The van der Waals surface area contributed by atoms with E-state index in [2.05, 4.69) is 234 Å². The fourth-order valence-electron chi connectivity index (χ4n) is 11.0. The summed E-state index contributed by atoms with van der Waals surface area (Å²) in [6.45, 7) is 0. The van der Waals surface area contributed by atoms with Crippen LogP contribution in [0.25, 0.3) is 141 Å². The molecule has 0 unspecified atom stereocenters. The second kappa shape index (κ2) is 15.4. The molecule has 15 aromatic rings. The Balaban J connectivity index is 1.01. The average molecular weight is 928 g/mol. The Morgan fingerprint density at radius 2 is 0.814 bits per heavy atom. The van der Waals surface area contributed by atoms with Gasteiger partial charge in [0.1, 0.15) is 0 Å². The van der Waals surface area contributed by atoms with E-state index >= 15 is 0 Å². The van der Waals surface area contributed by atoms with Crippen molar-refractivity contribution in [3.8, 4) is 56.7 Å². The molecule has 0 saturated heterocycles. The number of thiophene rings is 2. The molecular formula is C63H37N5S2. The number of para-hydroxylation sites is 4. The molecular weight excluding hydrogens is 891 g/mol. The lowest BCUT2D eigenvalue weighted by molar-refractivity contribution is 1.08. The zero-order valence-corrected chi connectivity index (χ0v) is 39.0. The maximum absolute atomic E-state index is 5.52. The normalized spacial score (nSPS) is 12.0. The highest BCUT2D eigenvalue weighted by Crippen LogP contribution is 2.45. The number of benzene rings is 10. The van der Waals surface area contributed by atoms with Gasteiger partial charge < -0.3 is 9.13 Å². The minimum absolute atomic E-state index is 0.629. The molecule has 0 spiro atoms. The minimum atomic E-state index is 0.629. The average Bonchev–Trinajstić information content (AvgIpc) is 4.19. The van der Waals surface area contributed by atoms with E-state index < -0.39 is 0 Å². The van der Waals surface area contributed by atoms with Crippen LogP contribution < -0.4 is 0 Å². The monoisotopic (exact) mass is 927 g/mol. The van der Waals surface area contributed by atoms with Gasteiger partial charge in [0.05, 0.1) is 33.4 Å². The van der Waals surface area contributed by atoms with Gasteiger partial charge in [-0.1, -0.05) is 158 Å². The molecule has 7 heteroatoms. The van der Waals surface area contributed by atoms with Crippen molar-refractivity contribution in [1.82, 2.24) is 24.1 Å². The van der Waals surface area contributed by atoms with Crippen LogP contribution in [0.3, 0.4) is 0 Å². The Morgan fingerprint density at radius 3 is 1.64 bits per heavy atom. The maximum atomic E-state index is 5.52. The zero-order chi connectivity index (χ0) is 45.9. The molecule has 0 bridgehead atoms. The van der Waals surface area contributed by atoms with Crippen molar-refractivity contribution in [2.24, 2.45) is 0 Å². The van der Waals surface area contributed by atoms with Crippen LogP contribution in [-0.4, -0.2) is 24.1 Å². The van der Waals surface area contributed by atoms with Crippen molar-refractivity contribution in [2.45, 2.75) is 0 Å². The predicted molar refractivity (Wildman–Crippen MR) is 296 cm³/mol. The molecule has 10 aromatic carbocycles. The molecule has 0 radical (unpaired) electrons. The molecule has 0 aliphatic heterocycles. The number of hydrogen-bond donors (Lipinski definition) is 0. The Hall–Kier alpha value is -8.75. The summed E-state index contributed by atoms with van der Waals surface area (Å²) in [5.41, 5.74) is 11.9. The molecule has 5 nitrogen and oxygen atoms in total. The Bertz CT molecular complexity index is 4610. The predicted octanol–water partition coefficient (Wildman–Crippen LogP) is 17.5. The largest absolute Gasteiger partial charge is 0.307 e. The summed E-state index contributed by atoms with van der Waals surface area (Å²) in [5.74, 6) is 1.92. The fraction of sp³-hybridized carbons (Fsp3) is 0. The fourth-order valence-corrected chi connectivity index (χ4v) is 13.2. The molecule has 0 aliphatic carbocycles. The summed E-state index contributed by atoms with van der Waals surface area (Å²) >= 11 is 3.62. The molecule has 0 fully saturated rings. The van der Waals surface area contributed by atoms with E-state index in [0.717, 1.165) is 66.3 Å². The van der Waals surface area contributed by atoms with Crippen molar-refractivity contribution in [3.05, 3.63) is 224 Å². The first-order valence-corrected chi connectivity index (χ1v) is 25.2. The van der Waals surface area contributed by atoms with Gasteiger partial charge in [0.25, 0.3) is 0 Å². The van der Waals surface area contributed by atoms with E-state index in [0.29, 0.717) is 17.5 Å². The highest BCUT2D eigenvalue weighted by Gasteiger charge is 2.25. The van der Waals surface area contributed by atoms with Crippen LogP contribution in [0.5, 0.6) is 0 Å². The van der Waals surface area contributed by atoms with E-state index in [9.17, 15) is 0 Å². The van der Waals surface area contributed by atoms with Gasteiger partial charge in [0.2, 0.25) is 0 Å². The minimum Gasteiger partial charge on any atom is -0.307 e. The second-order valence-corrected chi connectivity index (χ2v) is 20.0. The molecule has 70 heavy (non-hydrogen) atoms. The van der Waals surface area contributed by atoms with Crippen molar-refractivity contribution < 1.29 is 0 Å². The summed E-state index contributed by atoms with van der Waals surface area (Å²) < 4.78 is 9.88.